The number of benzene rings is 1. The molecule has 2 bridgehead atoms. The zero-order chi connectivity index (χ0) is 12.4. The standard InChI is InChI=1S/C11H8O6/c12-9(13)8-5-16-10(14)6-1-3-7(4-2-6)11(15)17-8/h1-4,12-13H,5H2. The van der Waals surface area contributed by atoms with Crippen LogP contribution in [0.15, 0.2) is 36.0 Å². The van der Waals surface area contributed by atoms with E-state index in [1.54, 1.807) is 0 Å². The Morgan fingerprint density at radius 2 is 1.53 bits per heavy atom. The third-order valence-corrected chi connectivity index (χ3v) is 2.16. The van der Waals surface area contributed by atoms with E-state index in [2.05, 4.69) is 4.74 Å². The van der Waals surface area contributed by atoms with Gasteiger partial charge in [-0.1, -0.05) is 0 Å². The van der Waals surface area contributed by atoms with Gasteiger partial charge in [0.05, 0.1) is 11.1 Å². The number of hydrogen-bond donors (Lipinski definition) is 2. The van der Waals surface area contributed by atoms with Crippen LogP contribution < -0.4 is 0 Å². The molecule has 2 aliphatic rings. The molecule has 0 unspecified atom stereocenters. The maximum atomic E-state index is 11.5. The Morgan fingerprint density at radius 1 is 1.00 bits per heavy atom. The minimum atomic E-state index is -1.19. The van der Waals surface area contributed by atoms with Crippen LogP contribution in [0.5, 0.6) is 0 Å². The van der Waals surface area contributed by atoms with Crippen molar-refractivity contribution in [2.24, 2.45) is 0 Å². The summed E-state index contributed by atoms with van der Waals surface area (Å²) >= 11 is 0. The molecule has 0 spiro atoms. The average Bonchev–Trinajstić information content (AvgIpc) is 2.33. The highest BCUT2D eigenvalue weighted by molar-refractivity contribution is 5.94. The van der Waals surface area contributed by atoms with Crippen molar-refractivity contribution >= 4 is 11.9 Å². The van der Waals surface area contributed by atoms with Crippen molar-refractivity contribution in [1.29, 1.82) is 0 Å². The smallest absolute Gasteiger partial charge is 0.343 e. The van der Waals surface area contributed by atoms with Crippen molar-refractivity contribution in [3.05, 3.63) is 47.1 Å². The van der Waals surface area contributed by atoms with Crippen molar-refractivity contribution in [3.8, 4) is 0 Å². The Hall–Kier alpha value is -2.50. The van der Waals surface area contributed by atoms with Gasteiger partial charge in [0.2, 0.25) is 5.76 Å². The number of rotatable bonds is 0. The number of fused-ring (bicyclic) bond motifs is 7. The topological polar surface area (TPSA) is 93.1 Å². The molecule has 2 aliphatic heterocycles. The summed E-state index contributed by atoms with van der Waals surface area (Å²) in [6.45, 7) is -0.522. The van der Waals surface area contributed by atoms with E-state index in [0.717, 1.165) is 0 Å². The Labute approximate surface area is 95.7 Å². The summed E-state index contributed by atoms with van der Waals surface area (Å²) in [7, 11) is 0. The molecule has 17 heavy (non-hydrogen) atoms. The molecule has 0 amide bonds. The number of carbonyl (C=O) groups excluding carboxylic acids is 2. The predicted octanol–water partition coefficient (Wildman–Crippen LogP) is 1.30. The van der Waals surface area contributed by atoms with Crippen molar-refractivity contribution < 1.29 is 29.3 Å². The maximum Gasteiger partial charge on any atom is 0.343 e. The van der Waals surface area contributed by atoms with Crippen LogP contribution in [0.25, 0.3) is 0 Å². The fourth-order valence-electron chi connectivity index (χ4n) is 1.27. The first-order chi connectivity index (χ1) is 8.08. The Kier molecular flexibility index (Phi) is 2.70. The third kappa shape index (κ3) is 2.20. The molecule has 6 nitrogen and oxygen atoms in total. The summed E-state index contributed by atoms with van der Waals surface area (Å²) < 4.78 is 9.41. The van der Waals surface area contributed by atoms with E-state index in [-0.39, 0.29) is 11.1 Å². The molecule has 88 valence electrons. The lowest BCUT2D eigenvalue weighted by Crippen LogP contribution is -2.17. The van der Waals surface area contributed by atoms with Gasteiger partial charge in [-0.05, 0) is 24.3 Å². The van der Waals surface area contributed by atoms with Crippen LogP contribution in [-0.4, -0.2) is 28.8 Å². The van der Waals surface area contributed by atoms with Gasteiger partial charge in [0.25, 0.3) is 0 Å². The van der Waals surface area contributed by atoms with Gasteiger partial charge in [-0.2, -0.15) is 0 Å². The summed E-state index contributed by atoms with van der Waals surface area (Å²) in [6.07, 6.45) is 0. The first kappa shape index (κ1) is 11.0. The molecule has 0 aliphatic carbocycles. The van der Waals surface area contributed by atoms with E-state index >= 15 is 0 Å². The lowest BCUT2D eigenvalue weighted by molar-refractivity contribution is 0.0332. The van der Waals surface area contributed by atoms with E-state index in [1.165, 1.54) is 24.3 Å². The predicted molar refractivity (Wildman–Crippen MR) is 54.4 cm³/mol. The quantitative estimate of drug-likeness (QED) is 0.521. The van der Waals surface area contributed by atoms with E-state index < -0.39 is 30.2 Å². The monoisotopic (exact) mass is 236 g/mol. The Morgan fingerprint density at radius 3 is 2.06 bits per heavy atom. The minimum Gasteiger partial charge on any atom is -0.479 e. The summed E-state index contributed by atoms with van der Waals surface area (Å²) in [4.78, 5) is 23.0. The molecule has 0 saturated heterocycles. The highest BCUT2D eigenvalue weighted by atomic mass is 16.6. The number of hydrogen-bond acceptors (Lipinski definition) is 6. The second-order valence-corrected chi connectivity index (χ2v) is 3.29. The summed E-state index contributed by atoms with van der Waals surface area (Å²) in [6, 6.07) is 5.62. The molecule has 0 radical (unpaired) electrons. The largest absolute Gasteiger partial charge is 0.479 e. The molecule has 6 heteroatoms. The second-order valence-electron chi connectivity index (χ2n) is 3.29. The fraction of sp³-hybridized carbons (Fsp3) is 0.0909. The van der Waals surface area contributed by atoms with Crippen LogP contribution in [0.3, 0.4) is 0 Å². The van der Waals surface area contributed by atoms with E-state index in [4.69, 9.17) is 14.9 Å². The summed E-state index contributed by atoms with van der Waals surface area (Å²) in [5.74, 6) is -3.11. The van der Waals surface area contributed by atoms with E-state index in [0.29, 0.717) is 0 Å². The highest BCUT2D eigenvalue weighted by Crippen LogP contribution is 2.14. The average molecular weight is 236 g/mol. The van der Waals surface area contributed by atoms with Crippen molar-refractivity contribution in [2.45, 2.75) is 0 Å². The van der Waals surface area contributed by atoms with Crippen LogP contribution in [-0.2, 0) is 9.47 Å². The van der Waals surface area contributed by atoms with Crippen LogP contribution in [0, 0.1) is 0 Å². The van der Waals surface area contributed by atoms with Crippen LogP contribution >= 0.6 is 0 Å². The van der Waals surface area contributed by atoms with E-state index in [1.807, 2.05) is 0 Å². The molecular weight excluding hydrogens is 228 g/mol. The number of esters is 2. The number of carbonyl (C=O) groups is 2. The van der Waals surface area contributed by atoms with Crippen molar-refractivity contribution in [3.63, 3.8) is 0 Å². The first-order valence-corrected chi connectivity index (χ1v) is 4.68. The molecule has 1 aromatic carbocycles. The molecule has 2 heterocycles. The third-order valence-electron chi connectivity index (χ3n) is 2.16. The SMILES string of the molecule is O=C1OCC(=C(O)O)OC(=O)c2ccc1cc2. The van der Waals surface area contributed by atoms with Gasteiger partial charge in [0, 0.05) is 0 Å². The number of aliphatic hydroxyl groups is 2. The van der Waals surface area contributed by atoms with E-state index in [9.17, 15) is 9.59 Å². The molecular formula is C11H8O6. The Bertz CT molecular complexity index is 495. The molecule has 0 fully saturated rings. The lowest BCUT2D eigenvalue weighted by atomic mass is 10.1. The number of aliphatic hydroxyl groups excluding tert-OH is 1. The Balaban J connectivity index is 2.43. The minimum absolute atomic E-state index is 0.196. The molecule has 1 aromatic rings. The zero-order valence-corrected chi connectivity index (χ0v) is 8.54. The van der Waals surface area contributed by atoms with Gasteiger partial charge in [0.1, 0.15) is 0 Å². The van der Waals surface area contributed by atoms with Crippen LogP contribution in [0.2, 0.25) is 0 Å². The first-order valence-electron chi connectivity index (χ1n) is 4.68. The van der Waals surface area contributed by atoms with Crippen molar-refractivity contribution in [2.75, 3.05) is 6.61 Å². The summed E-state index contributed by atoms with van der Waals surface area (Å²) in [5, 5.41) is 17.7. The van der Waals surface area contributed by atoms with Gasteiger partial charge in [-0.3, -0.25) is 0 Å². The molecule has 0 saturated carbocycles. The number of ether oxygens (including phenoxy) is 2. The van der Waals surface area contributed by atoms with Crippen LogP contribution in [0.1, 0.15) is 20.7 Å². The second kappa shape index (κ2) is 4.17. The highest BCUT2D eigenvalue weighted by Gasteiger charge is 2.20. The van der Waals surface area contributed by atoms with Gasteiger partial charge >= 0.3 is 17.9 Å². The van der Waals surface area contributed by atoms with Gasteiger partial charge in [-0.25, -0.2) is 9.59 Å². The molecule has 3 rings (SSSR count). The van der Waals surface area contributed by atoms with Gasteiger partial charge < -0.3 is 19.7 Å². The molecule has 0 aromatic heterocycles. The molecule has 2 N–H and O–H groups in total. The zero-order valence-electron chi connectivity index (χ0n) is 8.54. The summed E-state index contributed by atoms with van der Waals surface area (Å²) in [5.41, 5.74) is 0.461. The fourth-order valence-corrected chi connectivity index (χ4v) is 1.27. The van der Waals surface area contributed by atoms with Crippen molar-refractivity contribution in [1.82, 2.24) is 0 Å². The molecule has 0 atom stereocenters. The normalized spacial score (nSPS) is 15.2. The van der Waals surface area contributed by atoms with Gasteiger partial charge in [-0.15, -0.1) is 0 Å². The maximum absolute atomic E-state index is 11.5. The van der Waals surface area contributed by atoms with Crippen LogP contribution in [0.4, 0.5) is 0 Å². The lowest BCUT2D eigenvalue weighted by Gasteiger charge is -2.12. The van der Waals surface area contributed by atoms with Gasteiger partial charge in [0.15, 0.2) is 6.61 Å².